The van der Waals surface area contributed by atoms with Gasteiger partial charge in [0.15, 0.2) is 5.69 Å². The number of fused-ring (bicyclic) bond motifs is 1. The fourth-order valence-electron chi connectivity index (χ4n) is 4.98. The van der Waals surface area contributed by atoms with Gasteiger partial charge < -0.3 is 19.4 Å². The molecule has 0 radical (unpaired) electrons. The molecule has 12 nitrogen and oxygen atoms in total. The number of anilines is 1. The van der Waals surface area contributed by atoms with E-state index in [1.54, 1.807) is 41.1 Å². The summed E-state index contributed by atoms with van der Waals surface area (Å²) in [4.78, 5) is 44.1. The van der Waals surface area contributed by atoms with Crippen LogP contribution in [0.25, 0.3) is 28.1 Å². The van der Waals surface area contributed by atoms with Crippen LogP contribution < -0.4 is 10.9 Å². The van der Waals surface area contributed by atoms with Gasteiger partial charge in [0.2, 0.25) is 0 Å². The lowest BCUT2D eigenvalue weighted by molar-refractivity contribution is 0.0690. The number of imidazole rings is 1. The van der Waals surface area contributed by atoms with Gasteiger partial charge in [-0.15, -0.1) is 5.10 Å². The first-order chi connectivity index (χ1) is 19.8. The van der Waals surface area contributed by atoms with Crippen LogP contribution in [0.5, 0.6) is 0 Å². The van der Waals surface area contributed by atoms with E-state index in [2.05, 4.69) is 30.3 Å². The molecule has 0 saturated carbocycles. The van der Waals surface area contributed by atoms with E-state index in [0.717, 1.165) is 17.0 Å². The van der Waals surface area contributed by atoms with Crippen molar-refractivity contribution in [1.82, 2.24) is 29.5 Å². The standard InChI is InChI=1S/C28H22ClN7O5/c1-41-28(40)31-18-5-2-15(3-6-18)21-13-30-26(32-21)24-9-7-19-10-16(11-25(37)36(19)24)20-12-17(29)4-8-23(20)35-14-22(27(38)39)33-34-35/h2-6,8,10-14,24H,7,9H2,1H3,(H,30,32)(H,31,40)(H,38,39)/t24-/m0/s1. The first-order valence-corrected chi connectivity index (χ1v) is 12.9. The minimum absolute atomic E-state index is 0.200. The number of pyridine rings is 1. The minimum atomic E-state index is -1.19. The maximum atomic E-state index is 13.5. The predicted octanol–water partition coefficient (Wildman–Crippen LogP) is 4.55. The number of H-pyrrole nitrogens is 1. The average molecular weight is 572 g/mol. The highest BCUT2D eigenvalue weighted by Gasteiger charge is 2.28. The van der Waals surface area contributed by atoms with Crippen molar-refractivity contribution < 1.29 is 19.4 Å². The first kappa shape index (κ1) is 26.0. The highest BCUT2D eigenvalue weighted by molar-refractivity contribution is 6.31. The number of aryl methyl sites for hydroxylation is 1. The molecule has 0 unspecified atom stereocenters. The van der Waals surface area contributed by atoms with Crippen LogP contribution in [0.1, 0.15) is 34.5 Å². The van der Waals surface area contributed by atoms with E-state index < -0.39 is 12.1 Å². The molecule has 0 fully saturated rings. The summed E-state index contributed by atoms with van der Waals surface area (Å²) in [5.74, 6) is -0.528. The molecule has 1 amide bonds. The van der Waals surface area contributed by atoms with Gasteiger partial charge in [0, 0.05) is 28.0 Å². The van der Waals surface area contributed by atoms with E-state index in [4.69, 9.17) is 11.6 Å². The van der Waals surface area contributed by atoms with Gasteiger partial charge in [0.25, 0.3) is 5.56 Å². The molecule has 2 aromatic carbocycles. The Labute approximate surface area is 237 Å². The Kier molecular flexibility index (Phi) is 6.59. The van der Waals surface area contributed by atoms with Gasteiger partial charge in [-0.3, -0.25) is 10.1 Å². The van der Waals surface area contributed by atoms with E-state index >= 15 is 0 Å². The van der Waals surface area contributed by atoms with Gasteiger partial charge in [-0.2, -0.15) is 0 Å². The molecular weight excluding hydrogens is 550 g/mol. The largest absolute Gasteiger partial charge is 0.476 e. The number of aromatic amines is 1. The van der Waals surface area contributed by atoms with Crippen molar-refractivity contribution in [3.05, 3.63) is 99.6 Å². The van der Waals surface area contributed by atoms with E-state index in [1.807, 2.05) is 18.2 Å². The van der Waals surface area contributed by atoms with Gasteiger partial charge in [-0.25, -0.2) is 19.3 Å². The molecule has 0 aliphatic carbocycles. The van der Waals surface area contributed by atoms with Gasteiger partial charge in [-0.05, 0) is 60.4 Å². The molecule has 1 aliphatic rings. The Morgan fingerprint density at radius 2 is 1.93 bits per heavy atom. The Morgan fingerprint density at radius 3 is 2.66 bits per heavy atom. The summed E-state index contributed by atoms with van der Waals surface area (Å²) < 4.78 is 7.70. The van der Waals surface area contributed by atoms with Crippen LogP contribution >= 0.6 is 11.6 Å². The van der Waals surface area contributed by atoms with Crippen LogP contribution in [-0.4, -0.2) is 53.8 Å². The number of carbonyl (C=O) groups excluding carboxylic acids is 1. The van der Waals surface area contributed by atoms with Crippen LogP contribution in [0.3, 0.4) is 0 Å². The maximum Gasteiger partial charge on any atom is 0.411 e. The monoisotopic (exact) mass is 571 g/mol. The van der Waals surface area contributed by atoms with Crippen molar-refractivity contribution in [3.8, 4) is 28.1 Å². The third-order valence-corrected chi connectivity index (χ3v) is 7.14. The van der Waals surface area contributed by atoms with Gasteiger partial charge in [-0.1, -0.05) is 28.9 Å². The molecule has 1 atom stereocenters. The number of carboxylic acid groups (broad SMARTS) is 1. The average Bonchev–Trinajstić information content (AvgIpc) is 3.73. The molecule has 41 heavy (non-hydrogen) atoms. The zero-order valence-electron chi connectivity index (χ0n) is 21.5. The summed E-state index contributed by atoms with van der Waals surface area (Å²) in [5.41, 5.74) is 4.47. The van der Waals surface area contributed by atoms with Crippen LogP contribution in [0, 0.1) is 0 Å². The molecule has 4 heterocycles. The second-order valence-electron chi connectivity index (χ2n) is 9.39. The lowest BCUT2D eigenvalue weighted by Gasteiger charge is -2.15. The summed E-state index contributed by atoms with van der Waals surface area (Å²) in [6, 6.07) is 15.5. The number of aromatic nitrogens is 6. The number of methoxy groups -OCH3 is 1. The van der Waals surface area contributed by atoms with E-state index in [-0.39, 0.29) is 17.3 Å². The molecule has 5 aromatic rings. The van der Waals surface area contributed by atoms with Crippen molar-refractivity contribution in [1.29, 1.82) is 0 Å². The molecule has 1 aliphatic heterocycles. The number of hydrogen-bond donors (Lipinski definition) is 3. The normalized spacial score (nSPS) is 14.0. The highest BCUT2D eigenvalue weighted by atomic mass is 35.5. The van der Waals surface area contributed by atoms with Crippen LogP contribution in [0.4, 0.5) is 10.5 Å². The zero-order chi connectivity index (χ0) is 28.7. The lowest BCUT2D eigenvalue weighted by atomic mass is 10.0. The number of benzene rings is 2. The Balaban J connectivity index is 1.30. The number of nitrogens with one attached hydrogen (secondary N) is 2. The summed E-state index contributed by atoms with van der Waals surface area (Å²) >= 11 is 6.30. The van der Waals surface area contributed by atoms with Crippen molar-refractivity contribution >= 4 is 29.4 Å². The number of rotatable bonds is 6. The fourth-order valence-corrected chi connectivity index (χ4v) is 5.15. The molecule has 3 N–H and O–H groups in total. The topological polar surface area (TPSA) is 157 Å². The van der Waals surface area contributed by atoms with Crippen molar-refractivity contribution in [2.75, 3.05) is 12.4 Å². The molecule has 0 spiro atoms. The second kappa shape index (κ2) is 10.4. The Morgan fingerprint density at radius 1 is 1.12 bits per heavy atom. The number of nitrogens with zero attached hydrogens (tertiary/aromatic N) is 5. The van der Waals surface area contributed by atoms with Crippen molar-refractivity contribution in [2.45, 2.75) is 18.9 Å². The Hall–Kier alpha value is -5.23. The summed E-state index contributed by atoms with van der Waals surface area (Å²) in [7, 11) is 1.30. The summed E-state index contributed by atoms with van der Waals surface area (Å²) in [6.45, 7) is 0. The predicted molar refractivity (Wildman–Crippen MR) is 150 cm³/mol. The quantitative estimate of drug-likeness (QED) is 0.268. The van der Waals surface area contributed by atoms with Gasteiger partial charge in [0.05, 0.1) is 36.9 Å². The molecule has 206 valence electrons. The van der Waals surface area contributed by atoms with Gasteiger partial charge >= 0.3 is 12.1 Å². The number of carbonyl (C=O) groups is 2. The minimum Gasteiger partial charge on any atom is -0.476 e. The van der Waals surface area contributed by atoms with Crippen molar-refractivity contribution in [3.63, 3.8) is 0 Å². The first-order valence-electron chi connectivity index (χ1n) is 12.5. The number of aromatic carboxylic acids is 1. The lowest BCUT2D eigenvalue weighted by Crippen LogP contribution is -2.23. The number of amides is 1. The number of halogens is 1. The summed E-state index contributed by atoms with van der Waals surface area (Å²) in [5, 5.41) is 19.9. The van der Waals surface area contributed by atoms with E-state index in [1.165, 1.54) is 24.1 Å². The van der Waals surface area contributed by atoms with Crippen LogP contribution in [0.15, 0.2) is 71.8 Å². The van der Waals surface area contributed by atoms with Crippen LogP contribution in [-0.2, 0) is 11.2 Å². The SMILES string of the molecule is COC(=O)Nc1ccc(-c2cnc([C@@H]3CCc4cc(-c5cc(Cl)ccc5-n5cc(C(=O)O)nn5)cc(=O)n43)[nH]2)cc1. The summed E-state index contributed by atoms with van der Waals surface area (Å²) in [6.07, 6.45) is 3.81. The highest BCUT2D eigenvalue weighted by Crippen LogP contribution is 2.34. The van der Waals surface area contributed by atoms with E-state index in [0.29, 0.717) is 46.2 Å². The third kappa shape index (κ3) is 4.96. The number of ether oxygens (including phenoxy) is 1. The maximum absolute atomic E-state index is 13.5. The van der Waals surface area contributed by atoms with E-state index in [9.17, 15) is 19.5 Å². The second-order valence-corrected chi connectivity index (χ2v) is 9.83. The molecule has 0 bridgehead atoms. The smallest absolute Gasteiger partial charge is 0.411 e. The molecule has 0 saturated heterocycles. The fraction of sp³-hybridized carbons (Fsp3) is 0.143. The molecule has 3 aromatic heterocycles. The molecular formula is C28H22ClN7O5. The van der Waals surface area contributed by atoms with Gasteiger partial charge in [0.1, 0.15) is 5.82 Å². The van der Waals surface area contributed by atoms with Crippen LogP contribution in [0.2, 0.25) is 5.02 Å². The third-order valence-electron chi connectivity index (χ3n) is 6.90. The number of hydrogen-bond acceptors (Lipinski definition) is 7. The van der Waals surface area contributed by atoms with Crippen molar-refractivity contribution in [2.24, 2.45) is 0 Å². The zero-order valence-corrected chi connectivity index (χ0v) is 22.3. The Bertz CT molecular complexity index is 1860. The molecule has 13 heteroatoms. The number of carboxylic acids is 1. The molecule has 6 rings (SSSR count).